The van der Waals surface area contributed by atoms with Crippen LogP contribution >= 0.6 is 34.8 Å². The molecule has 20 heavy (non-hydrogen) atoms. The monoisotopic (exact) mass is 331 g/mol. The summed E-state index contributed by atoms with van der Waals surface area (Å²) in [5, 5.41) is 7.92. The van der Waals surface area contributed by atoms with Crippen LogP contribution in [0.3, 0.4) is 0 Å². The Balaban J connectivity index is 2.27. The molecular formula is C13H12Cl3N3O. The minimum Gasteiger partial charge on any atom is -0.320 e. The molecule has 0 saturated heterocycles. The maximum absolute atomic E-state index is 12.2. The molecule has 106 valence electrons. The van der Waals surface area contributed by atoms with Gasteiger partial charge >= 0.3 is 0 Å². The van der Waals surface area contributed by atoms with E-state index >= 15 is 0 Å². The number of nitrogens with one attached hydrogen (secondary N) is 1. The topological polar surface area (TPSA) is 46.9 Å². The van der Waals surface area contributed by atoms with E-state index in [-0.39, 0.29) is 5.91 Å². The second-order valence-electron chi connectivity index (χ2n) is 4.18. The number of hydrogen-bond donors (Lipinski definition) is 1. The second-order valence-corrected chi connectivity index (χ2v) is 5.41. The van der Waals surface area contributed by atoms with Crippen molar-refractivity contribution in [2.24, 2.45) is 0 Å². The number of carbonyl (C=O) groups is 1. The van der Waals surface area contributed by atoms with Crippen molar-refractivity contribution in [1.82, 2.24) is 9.78 Å². The maximum atomic E-state index is 12.2. The van der Waals surface area contributed by atoms with Crippen molar-refractivity contribution in [3.8, 4) is 0 Å². The van der Waals surface area contributed by atoms with Gasteiger partial charge in [-0.15, -0.1) is 0 Å². The lowest BCUT2D eigenvalue weighted by Crippen LogP contribution is -2.12. The van der Waals surface area contributed by atoms with Crippen LogP contribution in [-0.4, -0.2) is 15.7 Å². The van der Waals surface area contributed by atoms with E-state index in [0.717, 1.165) is 0 Å². The van der Waals surface area contributed by atoms with Crippen LogP contribution < -0.4 is 5.32 Å². The van der Waals surface area contributed by atoms with Gasteiger partial charge < -0.3 is 5.32 Å². The number of carbonyl (C=O) groups excluding carboxylic acids is 1. The highest BCUT2D eigenvalue weighted by molar-refractivity contribution is 6.44. The highest BCUT2D eigenvalue weighted by atomic mass is 35.5. The van der Waals surface area contributed by atoms with Crippen LogP contribution in [0.5, 0.6) is 0 Å². The van der Waals surface area contributed by atoms with E-state index in [1.165, 1.54) is 12.1 Å². The molecule has 1 aromatic carbocycles. The summed E-state index contributed by atoms with van der Waals surface area (Å²) >= 11 is 17.8. The number of hydrogen-bond acceptors (Lipinski definition) is 2. The molecule has 0 saturated carbocycles. The van der Waals surface area contributed by atoms with E-state index in [4.69, 9.17) is 34.8 Å². The first-order chi connectivity index (χ1) is 9.42. The molecule has 0 fully saturated rings. The Hall–Kier alpha value is -1.23. The van der Waals surface area contributed by atoms with Gasteiger partial charge in [0, 0.05) is 12.7 Å². The Kier molecular flexibility index (Phi) is 4.58. The molecule has 1 aromatic heterocycles. The normalized spacial score (nSPS) is 10.7. The molecule has 0 spiro atoms. The summed E-state index contributed by atoms with van der Waals surface area (Å²) in [5.41, 5.74) is 1.56. The van der Waals surface area contributed by atoms with E-state index in [2.05, 4.69) is 10.4 Å². The second kappa shape index (κ2) is 6.04. The van der Waals surface area contributed by atoms with Crippen LogP contribution in [0.25, 0.3) is 0 Å². The standard InChI is InChI=1S/C13H12Cl3N3O/c1-3-19-6-8(7(2)18-19)13(20)17-12-5-10(15)9(14)4-11(12)16/h4-6H,3H2,1-2H3,(H,17,20). The molecule has 1 N–H and O–H groups in total. The predicted molar refractivity (Wildman–Crippen MR) is 82.1 cm³/mol. The first kappa shape index (κ1) is 15.2. The Bertz CT molecular complexity index is 667. The average Bonchev–Trinajstić information content (AvgIpc) is 2.77. The number of rotatable bonds is 3. The molecule has 4 nitrogen and oxygen atoms in total. The van der Waals surface area contributed by atoms with Crippen LogP contribution in [0.4, 0.5) is 5.69 Å². The zero-order chi connectivity index (χ0) is 14.9. The third-order valence-electron chi connectivity index (χ3n) is 2.77. The lowest BCUT2D eigenvalue weighted by Gasteiger charge is -2.08. The summed E-state index contributed by atoms with van der Waals surface area (Å²) in [7, 11) is 0. The van der Waals surface area contributed by atoms with Gasteiger partial charge in [-0.05, 0) is 26.0 Å². The molecule has 7 heteroatoms. The molecule has 0 aliphatic heterocycles. The third kappa shape index (κ3) is 3.08. The SMILES string of the molecule is CCn1cc(C(=O)Nc2cc(Cl)c(Cl)cc2Cl)c(C)n1. The van der Waals surface area contributed by atoms with Crippen LogP contribution in [0.15, 0.2) is 18.3 Å². The summed E-state index contributed by atoms with van der Waals surface area (Å²) in [4.78, 5) is 12.2. The van der Waals surface area contributed by atoms with E-state index in [1.807, 2.05) is 6.92 Å². The fourth-order valence-corrected chi connectivity index (χ4v) is 2.30. The number of nitrogens with zero attached hydrogens (tertiary/aromatic N) is 2. The van der Waals surface area contributed by atoms with Crippen LogP contribution in [0, 0.1) is 6.92 Å². The summed E-state index contributed by atoms with van der Waals surface area (Å²) in [6, 6.07) is 3.01. The highest BCUT2D eigenvalue weighted by Gasteiger charge is 2.15. The van der Waals surface area contributed by atoms with Crippen molar-refractivity contribution in [2.75, 3.05) is 5.32 Å². The number of amides is 1. The maximum Gasteiger partial charge on any atom is 0.259 e. The van der Waals surface area contributed by atoms with Gasteiger partial charge in [-0.25, -0.2) is 0 Å². The number of halogens is 3. The quantitative estimate of drug-likeness (QED) is 0.846. The van der Waals surface area contributed by atoms with E-state index in [1.54, 1.807) is 17.8 Å². The Labute approximate surface area is 131 Å². The Morgan fingerprint density at radius 3 is 2.50 bits per heavy atom. The summed E-state index contributed by atoms with van der Waals surface area (Å²) in [5.74, 6) is -0.289. The van der Waals surface area contributed by atoms with Crippen molar-refractivity contribution in [3.05, 3.63) is 44.7 Å². The molecule has 0 radical (unpaired) electrons. The third-order valence-corrected chi connectivity index (χ3v) is 3.81. The molecule has 0 bridgehead atoms. The first-order valence-corrected chi connectivity index (χ1v) is 7.05. The minimum atomic E-state index is -0.289. The molecule has 0 atom stereocenters. The van der Waals surface area contributed by atoms with Gasteiger partial charge in [0.25, 0.3) is 5.91 Å². The molecular weight excluding hydrogens is 321 g/mol. The van der Waals surface area contributed by atoms with Gasteiger partial charge in [0.1, 0.15) is 0 Å². The first-order valence-electron chi connectivity index (χ1n) is 5.92. The fourth-order valence-electron chi connectivity index (χ4n) is 1.71. The number of benzene rings is 1. The predicted octanol–water partition coefficient (Wildman–Crippen LogP) is 4.42. The van der Waals surface area contributed by atoms with Gasteiger partial charge in [0.2, 0.25) is 0 Å². The fraction of sp³-hybridized carbons (Fsp3) is 0.231. The zero-order valence-corrected chi connectivity index (χ0v) is 13.1. The Morgan fingerprint density at radius 2 is 1.90 bits per heavy atom. The summed E-state index contributed by atoms with van der Waals surface area (Å²) < 4.78 is 1.70. The number of anilines is 1. The van der Waals surface area contributed by atoms with Crippen molar-refractivity contribution in [3.63, 3.8) is 0 Å². The summed E-state index contributed by atoms with van der Waals surface area (Å²) in [6.07, 6.45) is 1.69. The number of aryl methyl sites for hydroxylation is 2. The molecule has 2 rings (SSSR count). The lowest BCUT2D eigenvalue weighted by molar-refractivity contribution is 0.102. The van der Waals surface area contributed by atoms with E-state index in [9.17, 15) is 4.79 Å². The van der Waals surface area contributed by atoms with Crippen molar-refractivity contribution < 1.29 is 4.79 Å². The van der Waals surface area contributed by atoms with Gasteiger partial charge in [0.15, 0.2) is 0 Å². The molecule has 0 aliphatic carbocycles. The molecule has 1 amide bonds. The van der Waals surface area contributed by atoms with Crippen LogP contribution in [0.2, 0.25) is 15.1 Å². The molecule has 1 heterocycles. The van der Waals surface area contributed by atoms with Gasteiger partial charge in [-0.1, -0.05) is 34.8 Å². The van der Waals surface area contributed by atoms with Gasteiger partial charge in [-0.2, -0.15) is 5.10 Å². The number of aromatic nitrogens is 2. The smallest absolute Gasteiger partial charge is 0.259 e. The van der Waals surface area contributed by atoms with Crippen molar-refractivity contribution >= 4 is 46.4 Å². The van der Waals surface area contributed by atoms with Crippen molar-refractivity contribution in [2.45, 2.75) is 20.4 Å². The Morgan fingerprint density at radius 1 is 1.25 bits per heavy atom. The zero-order valence-electron chi connectivity index (χ0n) is 10.9. The van der Waals surface area contributed by atoms with E-state index < -0.39 is 0 Å². The van der Waals surface area contributed by atoms with Crippen LogP contribution in [-0.2, 0) is 6.54 Å². The lowest BCUT2D eigenvalue weighted by atomic mass is 10.2. The molecule has 0 aliphatic rings. The summed E-state index contributed by atoms with van der Waals surface area (Å²) in [6.45, 7) is 4.42. The van der Waals surface area contributed by atoms with Crippen molar-refractivity contribution in [1.29, 1.82) is 0 Å². The van der Waals surface area contributed by atoms with Crippen LogP contribution in [0.1, 0.15) is 23.0 Å². The largest absolute Gasteiger partial charge is 0.320 e. The average molecular weight is 333 g/mol. The van der Waals surface area contributed by atoms with E-state index in [0.29, 0.717) is 38.6 Å². The minimum absolute atomic E-state index is 0.289. The molecule has 2 aromatic rings. The van der Waals surface area contributed by atoms with Gasteiger partial charge in [-0.3, -0.25) is 9.48 Å². The van der Waals surface area contributed by atoms with Gasteiger partial charge in [0.05, 0.1) is 32.0 Å². The molecule has 0 unspecified atom stereocenters. The highest BCUT2D eigenvalue weighted by Crippen LogP contribution is 2.32.